The minimum absolute atomic E-state index is 0.388. The Hall–Kier alpha value is -1.22. The van der Waals surface area contributed by atoms with Gasteiger partial charge in [0.15, 0.2) is 11.5 Å². The fourth-order valence-electron chi connectivity index (χ4n) is 2.76. The van der Waals surface area contributed by atoms with E-state index in [1.165, 1.54) is 24.8 Å². The normalized spacial score (nSPS) is 16.8. The summed E-state index contributed by atoms with van der Waals surface area (Å²) in [6.45, 7) is 3.25. The van der Waals surface area contributed by atoms with Crippen molar-refractivity contribution in [2.45, 2.75) is 38.6 Å². The molecular formula is C16H25NO2. The largest absolute Gasteiger partial charge is 0.493 e. The van der Waals surface area contributed by atoms with E-state index in [1.54, 1.807) is 14.2 Å². The Morgan fingerprint density at radius 2 is 2.05 bits per heavy atom. The van der Waals surface area contributed by atoms with E-state index in [9.17, 15) is 0 Å². The molecule has 0 bridgehead atoms. The highest BCUT2D eigenvalue weighted by Crippen LogP contribution is 2.43. The van der Waals surface area contributed by atoms with Crippen LogP contribution in [0, 0.1) is 5.92 Å². The molecule has 3 heteroatoms. The molecule has 1 aliphatic rings. The van der Waals surface area contributed by atoms with Gasteiger partial charge in [-0.05, 0) is 37.8 Å². The maximum Gasteiger partial charge on any atom is 0.165 e. The molecule has 1 fully saturated rings. The highest BCUT2D eigenvalue weighted by molar-refractivity contribution is 5.48. The molecule has 19 heavy (non-hydrogen) atoms. The van der Waals surface area contributed by atoms with Crippen molar-refractivity contribution in [3.05, 3.63) is 23.8 Å². The Kier molecular flexibility index (Phi) is 5.08. The van der Waals surface area contributed by atoms with Crippen LogP contribution in [0.4, 0.5) is 0 Å². The molecule has 1 atom stereocenters. The summed E-state index contributed by atoms with van der Waals surface area (Å²) in [5, 5.41) is 3.68. The summed E-state index contributed by atoms with van der Waals surface area (Å²) < 4.78 is 11.0. The summed E-state index contributed by atoms with van der Waals surface area (Å²) in [6.07, 6.45) is 5.11. The zero-order valence-electron chi connectivity index (χ0n) is 12.2. The molecule has 106 valence electrons. The molecule has 0 aliphatic heterocycles. The third kappa shape index (κ3) is 3.03. The molecule has 1 aliphatic carbocycles. The number of rotatable bonds is 7. The second-order valence-corrected chi connectivity index (χ2v) is 5.21. The van der Waals surface area contributed by atoms with Crippen molar-refractivity contribution in [1.29, 1.82) is 0 Å². The van der Waals surface area contributed by atoms with Crippen molar-refractivity contribution < 1.29 is 9.47 Å². The summed E-state index contributed by atoms with van der Waals surface area (Å²) in [4.78, 5) is 0. The number of hydrogen-bond acceptors (Lipinski definition) is 3. The Labute approximate surface area is 116 Å². The number of benzene rings is 1. The van der Waals surface area contributed by atoms with E-state index in [0.29, 0.717) is 6.04 Å². The first-order valence-electron chi connectivity index (χ1n) is 7.26. The van der Waals surface area contributed by atoms with Crippen molar-refractivity contribution in [3.63, 3.8) is 0 Å². The van der Waals surface area contributed by atoms with Crippen LogP contribution in [0.3, 0.4) is 0 Å². The van der Waals surface area contributed by atoms with Gasteiger partial charge in [-0.25, -0.2) is 0 Å². The SMILES string of the molecule is CCCNC(c1cccc(OC)c1OC)C1CCC1. The van der Waals surface area contributed by atoms with Gasteiger partial charge in [0.1, 0.15) is 0 Å². The lowest BCUT2D eigenvalue weighted by Crippen LogP contribution is -2.33. The molecule has 0 heterocycles. The highest BCUT2D eigenvalue weighted by Gasteiger charge is 2.30. The molecule has 0 saturated heterocycles. The predicted molar refractivity (Wildman–Crippen MR) is 77.9 cm³/mol. The van der Waals surface area contributed by atoms with Crippen LogP contribution >= 0.6 is 0 Å². The molecule has 1 aromatic rings. The third-order valence-electron chi connectivity index (χ3n) is 4.00. The summed E-state index contributed by atoms with van der Waals surface area (Å²) in [5.41, 5.74) is 1.24. The standard InChI is InChI=1S/C16H25NO2/c1-4-11-17-15(12-7-5-8-12)13-9-6-10-14(18-2)16(13)19-3/h6,9-10,12,15,17H,4-5,7-8,11H2,1-3H3. The molecule has 0 amide bonds. The summed E-state index contributed by atoms with van der Waals surface area (Å²) in [5.74, 6) is 2.43. The van der Waals surface area contributed by atoms with Crippen LogP contribution in [-0.2, 0) is 0 Å². The fourth-order valence-corrected chi connectivity index (χ4v) is 2.76. The van der Waals surface area contributed by atoms with Crippen LogP contribution < -0.4 is 14.8 Å². The number of methoxy groups -OCH3 is 2. The fraction of sp³-hybridized carbons (Fsp3) is 0.625. The van der Waals surface area contributed by atoms with Crippen molar-refractivity contribution in [3.8, 4) is 11.5 Å². The van der Waals surface area contributed by atoms with Gasteiger partial charge >= 0.3 is 0 Å². The van der Waals surface area contributed by atoms with E-state index >= 15 is 0 Å². The monoisotopic (exact) mass is 263 g/mol. The lowest BCUT2D eigenvalue weighted by molar-refractivity contribution is 0.225. The van der Waals surface area contributed by atoms with Crippen molar-refractivity contribution >= 4 is 0 Å². The molecule has 0 spiro atoms. The zero-order valence-corrected chi connectivity index (χ0v) is 12.2. The van der Waals surface area contributed by atoms with Gasteiger partial charge in [-0.15, -0.1) is 0 Å². The van der Waals surface area contributed by atoms with E-state index in [2.05, 4.69) is 24.4 Å². The van der Waals surface area contributed by atoms with Crippen LogP contribution in [0.15, 0.2) is 18.2 Å². The van der Waals surface area contributed by atoms with Crippen molar-refractivity contribution in [2.24, 2.45) is 5.92 Å². The van der Waals surface area contributed by atoms with Crippen LogP contribution in [0.1, 0.15) is 44.2 Å². The van der Waals surface area contributed by atoms with Crippen LogP contribution in [0.5, 0.6) is 11.5 Å². The van der Waals surface area contributed by atoms with Gasteiger partial charge in [-0.2, -0.15) is 0 Å². The van der Waals surface area contributed by atoms with E-state index < -0.39 is 0 Å². The topological polar surface area (TPSA) is 30.5 Å². The van der Waals surface area contributed by atoms with E-state index in [1.807, 2.05) is 6.07 Å². The molecule has 0 radical (unpaired) electrons. The molecule has 1 unspecified atom stereocenters. The van der Waals surface area contributed by atoms with Crippen LogP contribution in [0.2, 0.25) is 0 Å². The molecule has 1 aromatic carbocycles. The molecule has 2 rings (SSSR count). The smallest absolute Gasteiger partial charge is 0.165 e. The number of para-hydroxylation sites is 1. The molecule has 3 nitrogen and oxygen atoms in total. The zero-order chi connectivity index (χ0) is 13.7. The van der Waals surface area contributed by atoms with E-state index in [-0.39, 0.29) is 0 Å². The first-order chi connectivity index (χ1) is 9.31. The second kappa shape index (κ2) is 6.80. The van der Waals surface area contributed by atoms with Gasteiger partial charge in [0.2, 0.25) is 0 Å². The maximum atomic E-state index is 5.58. The summed E-state index contributed by atoms with van der Waals surface area (Å²) >= 11 is 0. The average molecular weight is 263 g/mol. The van der Waals surface area contributed by atoms with Gasteiger partial charge in [0.25, 0.3) is 0 Å². The van der Waals surface area contributed by atoms with Gasteiger partial charge in [0, 0.05) is 11.6 Å². The first-order valence-corrected chi connectivity index (χ1v) is 7.26. The minimum atomic E-state index is 0.388. The maximum absolute atomic E-state index is 5.58. The molecule has 0 aromatic heterocycles. The minimum Gasteiger partial charge on any atom is -0.493 e. The van der Waals surface area contributed by atoms with E-state index in [4.69, 9.17) is 9.47 Å². The number of hydrogen-bond donors (Lipinski definition) is 1. The van der Waals surface area contributed by atoms with Gasteiger partial charge in [-0.1, -0.05) is 25.5 Å². The number of nitrogens with one attached hydrogen (secondary N) is 1. The quantitative estimate of drug-likeness (QED) is 0.816. The Bertz CT molecular complexity index is 402. The Balaban J connectivity index is 2.28. The second-order valence-electron chi connectivity index (χ2n) is 5.21. The average Bonchev–Trinajstić information content (AvgIpc) is 2.40. The lowest BCUT2D eigenvalue weighted by atomic mass is 9.77. The molecule has 1 saturated carbocycles. The third-order valence-corrected chi connectivity index (χ3v) is 4.00. The Morgan fingerprint density at radius 3 is 2.58 bits per heavy atom. The molecule has 1 N–H and O–H groups in total. The van der Waals surface area contributed by atoms with Crippen molar-refractivity contribution in [1.82, 2.24) is 5.32 Å². The summed E-state index contributed by atoms with van der Waals surface area (Å²) in [6, 6.07) is 6.56. The predicted octanol–water partition coefficient (Wildman–Crippen LogP) is 3.54. The van der Waals surface area contributed by atoms with Crippen molar-refractivity contribution in [2.75, 3.05) is 20.8 Å². The van der Waals surface area contributed by atoms with Crippen LogP contribution in [-0.4, -0.2) is 20.8 Å². The highest BCUT2D eigenvalue weighted by atomic mass is 16.5. The first kappa shape index (κ1) is 14.2. The Morgan fingerprint density at radius 1 is 1.26 bits per heavy atom. The van der Waals surface area contributed by atoms with Crippen LogP contribution in [0.25, 0.3) is 0 Å². The summed E-state index contributed by atoms with van der Waals surface area (Å²) in [7, 11) is 3.42. The lowest BCUT2D eigenvalue weighted by Gasteiger charge is -2.35. The van der Waals surface area contributed by atoms with Gasteiger partial charge in [-0.3, -0.25) is 0 Å². The van der Waals surface area contributed by atoms with E-state index in [0.717, 1.165) is 30.4 Å². The number of ether oxygens (including phenoxy) is 2. The molecular weight excluding hydrogens is 238 g/mol. The van der Waals surface area contributed by atoms with Gasteiger partial charge in [0.05, 0.1) is 14.2 Å². The van der Waals surface area contributed by atoms with Gasteiger partial charge < -0.3 is 14.8 Å².